The van der Waals surface area contributed by atoms with E-state index in [0.717, 1.165) is 36.9 Å². The standard InChI is InChI=1S/C22H42O2/c1-18-7-9-20(10-8-18)11-12-21-13-14-22(17-19(21)2)24-16-6-4-5-15-23-3/h18-22H,4-17H2,1-3H3. The van der Waals surface area contributed by atoms with Crippen LogP contribution in [-0.2, 0) is 9.47 Å². The molecule has 3 atom stereocenters. The lowest BCUT2D eigenvalue weighted by molar-refractivity contribution is -0.00424. The molecule has 0 N–H and O–H groups in total. The molecule has 0 aliphatic heterocycles. The van der Waals surface area contributed by atoms with Crippen LogP contribution in [0, 0.1) is 23.7 Å². The first-order valence-corrected chi connectivity index (χ1v) is 10.8. The van der Waals surface area contributed by atoms with Gasteiger partial charge in [-0.25, -0.2) is 0 Å². The number of rotatable bonds is 10. The highest BCUT2D eigenvalue weighted by atomic mass is 16.5. The van der Waals surface area contributed by atoms with Crippen molar-refractivity contribution in [3.8, 4) is 0 Å². The largest absolute Gasteiger partial charge is 0.385 e. The van der Waals surface area contributed by atoms with Crippen LogP contribution in [0.1, 0.15) is 90.9 Å². The van der Waals surface area contributed by atoms with E-state index in [9.17, 15) is 0 Å². The third kappa shape index (κ3) is 7.44. The molecule has 0 radical (unpaired) electrons. The lowest BCUT2D eigenvalue weighted by atomic mass is 9.73. The molecule has 3 unspecified atom stereocenters. The van der Waals surface area contributed by atoms with Gasteiger partial charge in [-0.3, -0.25) is 0 Å². The SMILES string of the molecule is COCCCCCOC1CCC(CCC2CCC(C)CC2)C(C)C1. The van der Waals surface area contributed by atoms with Gasteiger partial charge in [-0.15, -0.1) is 0 Å². The Kier molecular flexibility index (Phi) is 9.71. The zero-order chi connectivity index (χ0) is 17.2. The Morgan fingerprint density at radius 2 is 1.54 bits per heavy atom. The number of hydrogen-bond acceptors (Lipinski definition) is 2. The summed E-state index contributed by atoms with van der Waals surface area (Å²) >= 11 is 0. The predicted molar refractivity (Wildman–Crippen MR) is 102 cm³/mol. The summed E-state index contributed by atoms with van der Waals surface area (Å²) in [5.74, 6) is 3.85. The Hall–Kier alpha value is -0.0800. The van der Waals surface area contributed by atoms with E-state index in [0.29, 0.717) is 6.10 Å². The topological polar surface area (TPSA) is 18.5 Å². The van der Waals surface area contributed by atoms with Gasteiger partial charge in [0, 0.05) is 20.3 Å². The molecule has 2 aliphatic carbocycles. The van der Waals surface area contributed by atoms with Crippen molar-refractivity contribution in [1.82, 2.24) is 0 Å². The zero-order valence-electron chi connectivity index (χ0n) is 16.6. The van der Waals surface area contributed by atoms with Crippen LogP contribution in [0.2, 0.25) is 0 Å². The predicted octanol–water partition coefficient (Wildman–Crippen LogP) is 6.23. The minimum Gasteiger partial charge on any atom is -0.385 e. The third-order valence-electron chi connectivity index (χ3n) is 6.73. The smallest absolute Gasteiger partial charge is 0.0577 e. The first-order chi connectivity index (χ1) is 11.7. The lowest BCUT2D eigenvalue weighted by Gasteiger charge is -2.35. The summed E-state index contributed by atoms with van der Waals surface area (Å²) in [5.41, 5.74) is 0. The molecule has 2 rings (SSSR count). The fraction of sp³-hybridized carbons (Fsp3) is 1.00. The highest BCUT2D eigenvalue weighted by Gasteiger charge is 2.28. The molecular weight excluding hydrogens is 296 g/mol. The van der Waals surface area contributed by atoms with Gasteiger partial charge in [0.25, 0.3) is 0 Å². The Balaban J connectivity index is 1.54. The van der Waals surface area contributed by atoms with Gasteiger partial charge in [0.1, 0.15) is 0 Å². The minimum absolute atomic E-state index is 0.536. The van der Waals surface area contributed by atoms with Crippen LogP contribution < -0.4 is 0 Å². The molecular formula is C22H42O2. The van der Waals surface area contributed by atoms with Gasteiger partial charge in [-0.2, -0.15) is 0 Å². The molecule has 0 heterocycles. The van der Waals surface area contributed by atoms with Crippen molar-refractivity contribution in [3.63, 3.8) is 0 Å². The van der Waals surface area contributed by atoms with E-state index < -0.39 is 0 Å². The van der Waals surface area contributed by atoms with Crippen LogP contribution in [0.15, 0.2) is 0 Å². The Morgan fingerprint density at radius 1 is 0.792 bits per heavy atom. The van der Waals surface area contributed by atoms with Gasteiger partial charge >= 0.3 is 0 Å². The molecule has 2 aliphatic rings. The summed E-state index contributed by atoms with van der Waals surface area (Å²) in [7, 11) is 1.78. The van der Waals surface area contributed by atoms with Gasteiger partial charge in [-0.1, -0.05) is 46.0 Å². The molecule has 2 saturated carbocycles. The maximum absolute atomic E-state index is 6.15. The molecule has 0 saturated heterocycles. The molecule has 0 aromatic carbocycles. The second-order valence-corrected chi connectivity index (χ2v) is 8.80. The van der Waals surface area contributed by atoms with Crippen molar-refractivity contribution in [1.29, 1.82) is 0 Å². The first kappa shape index (κ1) is 20.2. The molecule has 142 valence electrons. The average Bonchev–Trinajstić information content (AvgIpc) is 2.59. The number of ether oxygens (including phenoxy) is 2. The van der Waals surface area contributed by atoms with Crippen molar-refractivity contribution in [2.45, 2.75) is 97.0 Å². The number of methoxy groups -OCH3 is 1. The van der Waals surface area contributed by atoms with Crippen LogP contribution in [0.5, 0.6) is 0 Å². The van der Waals surface area contributed by atoms with E-state index in [-0.39, 0.29) is 0 Å². The van der Waals surface area contributed by atoms with E-state index in [4.69, 9.17) is 9.47 Å². The van der Waals surface area contributed by atoms with Crippen molar-refractivity contribution in [2.24, 2.45) is 23.7 Å². The average molecular weight is 339 g/mol. The Labute approximate surface area is 151 Å². The van der Waals surface area contributed by atoms with Gasteiger partial charge in [0.05, 0.1) is 6.10 Å². The Morgan fingerprint density at radius 3 is 2.25 bits per heavy atom. The maximum atomic E-state index is 6.15. The highest BCUT2D eigenvalue weighted by molar-refractivity contribution is 4.80. The molecule has 0 amide bonds. The molecule has 2 heteroatoms. The summed E-state index contributed by atoms with van der Waals surface area (Å²) < 4.78 is 11.2. The third-order valence-corrected chi connectivity index (χ3v) is 6.73. The van der Waals surface area contributed by atoms with E-state index in [1.54, 1.807) is 7.11 Å². The molecule has 0 bridgehead atoms. The van der Waals surface area contributed by atoms with Crippen LogP contribution >= 0.6 is 0 Å². The normalized spacial score (nSPS) is 34.4. The monoisotopic (exact) mass is 338 g/mol. The lowest BCUT2D eigenvalue weighted by Crippen LogP contribution is -2.29. The first-order valence-electron chi connectivity index (χ1n) is 10.8. The Bertz CT molecular complexity index is 309. The van der Waals surface area contributed by atoms with Gasteiger partial charge in [0.15, 0.2) is 0 Å². The van der Waals surface area contributed by atoms with Crippen LogP contribution in [0.25, 0.3) is 0 Å². The highest BCUT2D eigenvalue weighted by Crippen LogP contribution is 2.38. The van der Waals surface area contributed by atoms with E-state index >= 15 is 0 Å². The molecule has 0 aromatic heterocycles. The van der Waals surface area contributed by atoms with Gasteiger partial charge in [-0.05, 0) is 68.6 Å². The molecule has 0 aromatic rings. The summed E-state index contributed by atoms with van der Waals surface area (Å²) in [5, 5.41) is 0. The summed E-state index contributed by atoms with van der Waals surface area (Å²) in [6, 6.07) is 0. The molecule has 2 fully saturated rings. The molecule has 0 spiro atoms. The maximum Gasteiger partial charge on any atom is 0.0577 e. The van der Waals surface area contributed by atoms with Crippen LogP contribution in [0.4, 0.5) is 0 Å². The quantitative estimate of drug-likeness (QED) is 0.439. The van der Waals surface area contributed by atoms with Gasteiger partial charge in [0.2, 0.25) is 0 Å². The van der Waals surface area contributed by atoms with Crippen molar-refractivity contribution < 1.29 is 9.47 Å². The van der Waals surface area contributed by atoms with E-state index in [1.807, 2.05) is 0 Å². The fourth-order valence-electron chi connectivity index (χ4n) is 4.83. The van der Waals surface area contributed by atoms with E-state index in [1.165, 1.54) is 77.0 Å². The molecule has 2 nitrogen and oxygen atoms in total. The number of unbranched alkanes of at least 4 members (excludes halogenated alkanes) is 2. The van der Waals surface area contributed by atoms with Crippen molar-refractivity contribution >= 4 is 0 Å². The minimum atomic E-state index is 0.536. The summed E-state index contributed by atoms with van der Waals surface area (Å²) in [6.07, 6.45) is 17.0. The van der Waals surface area contributed by atoms with E-state index in [2.05, 4.69) is 13.8 Å². The second kappa shape index (κ2) is 11.5. The second-order valence-electron chi connectivity index (χ2n) is 8.80. The van der Waals surface area contributed by atoms with Crippen LogP contribution in [0.3, 0.4) is 0 Å². The summed E-state index contributed by atoms with van der Waals surface area (Å²) in [6.45, 7) is 6.74. The van der Waals surface area contributed by atoms with Gasteiger partial charge < -0.3 is 9.47 Å². The van der Waals surface area contributed by atoms with Crippen molar-refractivity contribution in [3.05, 3.63) is 0 Å². The molecule has 24 heavy (non-hydrogen) atoms. The number of hydrogen-bond donors (Lipinski definition) is 0. The van der Waals surface area contributed by atoms with Crippen LogP contribution in [-0.4, -0.2) is 26.4 Å². The fourth-order valence-corrected chi connectivity index (χ4v) is 4.83. The van der Waals surface area contributed by atoms with Crippen molar-refractivity contribution in [2.75, 3.05) is 20.3 Å². The summed E-state index contributed by atoms with van der Waals surface area (Å²) in [4.78, 5) is 0. The zero-order valence-corrected chi connectivity index (χ0v) is 16.6.